The number of Topliss-reactive ketones (excluding diaryl/α,β-unsaturated/α-hetero) is 1. The standard InChI is InChI=1S/C28H29N9O2/c1-4-13-36(28(39)26-31-16-32-35-26)17(2)5-12-23-24(18(3)38)25(29)37-27(34-23)22(15-33-37)20-9-11-21(30-14-20)10-8-19-6-7-19/h4,9,11,13-17,19H,5-7,12,29H2,1-3H3,(H,31,32,35)/b13-4-/t17-/m1/s1. The summed E-state index contributed by atoms with van der Waals surface area (Å²) in [6.45, 7) is 5.22. The van der Waals surface area contributed by atoms with Gasteiger partial charge in [-0.15, -0.1) is 0 Å². The average molecular weight is 524 g/mol. The van der Waals surface area contributed by atoms with Gasteiger partial charge >= 0.3 is 0 Å². The number of hydrogen-bond donors (Lipinski definition) is 2. The Balaban J connectivity index is 1.44. The van der Waals surface area contributed by atoms with Crippen LogP contribution in [-0.2, 0) is 6.42 Å². The molecule has 4 aromatic rings. The van der Waals surface area contributed by atoms with Gasteiger partial charge in [-0.1, -0.05) is 12.0 Å². The number of rotatable bonds is 8. The maximum Gasteiger partial charge on any atom is 0.295 e. The average Bonchev–Trinajstić information content (AvgIpc) is 3.40. The van der Waals surface area contributed by atoms with E-state index < -0.39 is 0 Å². The largest absolute Gasteiger partial charge is 0.383 e. The molecule has 4 aromatic heterocycles. The lowest BCUT2D eigenvalue weighted by molar-refractivity contribution is 0.0760. The summed E-state index contributed by atoms with van der Waals surface area (Å²) >= 11 is 0. The van der Waals surface area contributed by atoms with Crippen molar-refractivity contribution in [1.29, 1.82) is 0 Å². The van der Waals surface area contributed by atoms with Crippen LogP contribution in [0.25, 0.3) is 16.8 Å². The monoisotopic (exact) mass is 523 g/mol. The van der Waals surface area contributed by atoms with E-state index in [2.05, 4.69) is 37.1 Å². The molecule has 0 aliphatic heterocycles. The number of nitrogens with zero attached hydrogens (tertiary/aromatic N) is 7. The van der Waals surface area contributed by atoms with Crippen molar-refractivity contribution in [2.75, 3.05) is 5.73 Å². The van der Waals surface area contributed by atoms with Crippen molar-refractivity contribution in [2.45, 2.75) is 52.5 Å². The van der Waals surface area contributed by atoms with Gasteiger partial charge in [0.2, 0.25) is 5.82 Å². The van der Waals surface area contributed by atoms with E-state index in [1.807, 2.05) is 26.0 Å². The highest BCUT2D eigenvalue weighted by atomic mass is 16.2. The van der Waals surface area contributed by atoms with Crippen molar-refractivity contribution in [3.8, 4) is 23.0 Å². The molecule has 0 radical (unpaired) electrons. The number of nitrogen functional groups attached to an aromatic ring is 1. The summed E-state index contributed by atoms with van der Waals surface area (Å²) in [7, 11) is 0. The second kappa shape index (κ2) is 10.9. The number of pyridine rings is 1. The molecule has 5 rings (SSSR count). The van der Waals surface area contributed by atoms with E-state index in [1.165, 1.54) is 17.8 Å². The molecule has 39 heavy (non-hydrogen) atoms. The van der Waals surface area contributed by atoms with E-state index in [0.717, 1.165) is 24.0 Å². The van der Waals surface area contributed by atoms with E-state index in [9.17, 15) is 9.59 Å². The Hall–Kier alpha value is -4.85. The number of hydrogen-bond acceptors (Lipinski definition) is 8. The maximum atomic E-state index is 12.9. The Morgan fingerprint density at radius 1 is 1.28 bits per heavy atom. The molecule has 11 nitrogen and oxygen atoms in total. The van der Waals surface area contributed by atoms with E-state index in [0.29, 0.717) is 41.4 Å². The van der Waals surface area contributed by atoms with E-state index in [-0.39, 0.29) is 29.4 Å². The zero-order chi connectivity index (χ0) is 27.5. The number of carbonyl (C=O) groups excluding carboxylic acids is 2. The third-order valence-corrected chi connectivity index (χ3v) is 6.60. The second-order valence-corrected chi connectivity index (χ2v) is 9.56. The van der Waals surface area contributed by atoms with Crippen LogP contribution >= 0.6 is 0 Å². The lowest BCUT2D eigenvalue weighted by Gasteiger charge is -2.25. The molecular formula is C28H29N9O2. The fourth-order valence-electron chi connectivity index (χ4n) is 4.35. The van der Waals surface area contributed by atoms with Crippen LogP contribution in [-0.4, -0.2) is 57.4 Å². The number of aromatic nitrogens is 7. The smallest absolute Gasteiger partial charge is 0.295 e. The minimum Gasteiger partial charge on any atom is -0.383 e. The summed E-state index contributed by atoms with van der Waals surface area (Å²) in [5.41, 5.74) is 10.1. The van der Waals surface area contributed by atoms with Gasteiger partial charge in [0.05, 0.1) is 17.5 Å². The molecule has 1 fully saturated rings. The van der Waals surface area contributed by atoms with Crippen molar-refractivity contribution >= 4 is 23.2 Å². The molecule has 198 valence electrons. The Bertz CT molecular complexity index is 1600. The van der Waals surface area contributed by atoms with Gasteiger partial charge in [0.1, 0.15) is 17.8 Å². The van der Waals surface area contributed by atoms with Crippen molar-refractivity contribution < 1.29 is 9.59 Å². The topological polar surface area (TPSA) is 148 Å². The Labute approximate surface area is 225 Å². The number of fused-ring (bicyclic) bond motifs is 1. The Morgan fingerprint density at radius 2 is 2.10 bits per heavy atom. The van der Waals surface area contributed by atoms with Gasteiger partial charge < -0.3 is 10.6 Å². The van der Waals surface area contributed by atoms with E-state index in [4.69, 9.17) is 10.7 Å². The summed E-state index contributed by atoms with van der Waals surface area (Å²) in [5.74, 6) is 6.70. The van der Waals surface area contributed by atoms with Gasteiger partial charge in [0, 0.05) is 35.5 Å². The van der Waals surface area contributed by atoms with Crippen LogP contribution in [0.3, 0.4) is 0 Å². The summed E-state index contributed by atoms with van der Waals surface area (Å²) in [6, 6.07) is 3.59. The molecule has 0 aromatic carbocycles. The first-order chi connectivity index (χ1) is 18.9. The molecule has 4 heterocycles. The first kappa shape index (κ1) is 25.8. The van der Waals surface area contributed by atoms with Crippen LogP contribution < -0.4 is 5.73 Å². The fourth-order valence-corrected chi connectivity index (χ4v) is 4.35. The molecule has 1 amide bonds. The van der Waals surface area contributed by atoms with Crippen LogP contribution in [0.2, 0.25) is 0 Å². The van der Waals surface area contributed by atoms with Crippen molar-refractivity contribution in [3.05, 3.63) is 65.9 Å². The van der Waals surface area contributed by atoms with Crippen LogP contribution in [0.5, 0.6) is 0 Å². The molecule has 0 saturated heterocycles. The van der Waals surface area contributed by atoms with Gasteiger partial charge in [0.25, 0.3) is 5.91 Å². The zero-order valence-electron chi connectivity index (χ0n) is 22.0. The van der Waals surface area contributed by atoms with Gasteiger partial charge in [-0.3, -0.25) is 14.7 Å². The number of aromatic amines is 1. The van der Waals surface area contributed by atoms with Gasteiger partial charge in [0.15, 0.2) is 11.4 Å². The highest BCUT2D eigenvalue weighted by molar-refractivity contribution is 6.00. The first-order valence-corrected chi connectivity index (χ1v) is 12.8. The third kappa shape index (κ3) is 5.40. The summed E-state index contributed by atoms with van der Waals surface area (Å²) < 4.78 is 1.49. The minimum atomic E-state index is -0.302. The van der Waals surface area contributed by atoms with E-state index >= 15 is 0 Å². The fraction of sp³-hybridized carbons (Fsp3) is 0.321. The normalized spacial score (nSPS) is 13.8. The Morgan fingerprint density at radius 3 is 2.74 bits per heavy atom. The highest BCUT2D eigenvalue weighted by Crippen LogP contribution is 2.29. The van der Waals surface area contributed by atoms with E-state index in [1.54, 1.807) is 29.6 Å². The van der Waals surface area contributed by atoms with Crippen molar-refractivity contribution in [2.24, 2.45) is 5.92 Å². The number of carbonyl (C=O) groups is 2. The molecule has 0 spiro atoms. The van der Waals surface area contributed by atoms with Gasteiger partial charge in [-0.2, -0.15) is 14.7 Å². The van der Waals surface area contributed by atoms with Crippen LogP contribution in [0.1, 0.15) is 72.4 Å². The van der Waals surface area contributed by atoms with Crippen LogP contribution in [0.15, 0.2) is 43.1 Å². The Kier molecular flexibility index (Phi) is 7.19. The molecular weight excluding hydrogens is 494 g/mol. The summed E-state index contributed by atoms with van der Waals surface area (Å²) in [4.78, 5) is 40.5. The number of nitrogens with two attached hydrogens (primary N) is 1. The maximum absolute atomic E-state index is 12.9. The SMILES string of the molecule is C/C=C\N(C(=O)c1ncn[nH]1)[C@H](C)CCc1nc2c(-c3ccc(C#CC4CC4)nc3)cnn2c(N)c1C(C)=O. The molecule has 1 atom stereocenters. The molecule has 3 N–H and O–H groups in total. The van der Waals surface area contributed by atoms with Crippen LogP contribution in [0.4, 0.5) is 5.82 Å². The first-order valence-electron chi connectivity index (χ1n) is 12.8. The number of ketones is 1. The number of amides is 1. The van der Waals surface area contributed by atoms with Crippen molar-refractivity contribution in [1.82, 2.24) is 39.7 Å². The lowest BCUT2D eigenvalue weighted by atomic mass is 10.0. The predicted octanol–water partition coefficient (Wildman–Crippen LogP) is 3.45. The minimum absolute atomic E-state index is 0.148. The molecule has 1 aliphatic rings. The van der Waals surface area contributed by atoms with Crippen molar-refractivity contribution in [3.63, 3.8) is 0 Å². The number of nitrogens with one attached hydrogen (secondary N) is 1. The second-order valence-electron chi connectivity index (χ2n) is 9.56. The highest BCUT2D eigenvalue weighted by Gasteiger charge is 2.25. The molecule has 1 saturated carbocycles. The number of anilines is 1. The third-order valence-electron chi connectivity index (χ3n) is 6.60. The molecule has 0 bridgehead atoms. The number of aryl methyl sites for hydroxylation is 1. The van der Waals surface area contributed by atoms with Gasteiger partial charge in [-0.25, -0.2) is 15.0 Å². The molecule has 11 heteroatoms. The van der Waals surface area contributed by atoms with Crippen LogP contribution in [0, 0.1) is 17.8 Å². The summed E-state index contributed by atoms with van der Waals surface area (Å²) in [6.07, 6.45) is 11.4. The lowest BCUT2D eigenvalue weighted by Crippen LogP contribution is -2.35. The predicted molar refractivity (Wildman–Crippen MR) is 145 cm³/mol. The molecule has 1 aliphatic carbocycles. The number of H-pyrrole nitrogens is 1. The number of allylic oxidation sites excluding steroid dienone is 1. The zero-order valence-corrected chi connectivity index (χ0v) is 22.0. The summed E-state index contributed by atoms with van der Waals surface area (Å²) in [5, 5.41) is 10.8. The molecule has 0 unspecified atom stereocenters. The van der Waals surface area contributed by atoms with Gasteiger partial charge in [-0.05, 0) is 64.5 Å². The quantitative estimate of drug-likeness (QED) is 0.264.